The number of halogens is 1. The maximum Gasteiger partial charge on any atom is 0.331 e. The Kier molecular flexibility index (Phi) is 4.72. The molecule has 1 aliphatic heterocycles. The van der Waals surface area contributed by atoms with Crippen molar-refractivity contribution in [3.05, 3.63) is 91.9 Å². The van der Waals surface area contributed by atoms with E-state index in [0.717, 1.165) is 21.4 Å². The van der Waals surface area contributed by atoms with Crippen LogP contribution in [0.1, 0.15) is 23.6 Å². The number of allylic oxidation sites excluding steroid dienone is 1. The van der Waals surface area contributed by atoms with E-state index in [-0.39, 0.29) is 17.9 Å². The minimum absolute atomic E-state index is 0.00930. The Bertz CT molecular complexity index is 1270. The summed E-state index contributed by atoms with van der Waals surface area (Å²) in [4.78, 5) is 31.3. The molecular formula is C22H18FN3O3. The van der Waals surface area contributed by atoms with Crippen LogP contribution in [0.25, 0.3) is 11.6 Å². The predicted octanol–water partition coefficient (Wildman–Crippen LogP) is 3.27. The number of aryl methyl sites for hydroxylation is 1. The number of fused-ring (bicyclic) bond motifs is 1. The topological polar surface area (TPSA) is 87.4 Å². The van der Waals surface area contributed by atoms with E-state index in [1.54, 1.807) is 18.2 Å². The molecule has 2 heterocycles. The average molecular weight is 391 g/mol. The van der Waals surface area contributed by atoms with E-state index in [4.69, 9.17) is 0 Å². The summed E-state index contributed by atoms with van der Waals surface area (Å²) in [5, 5.41) is 10.7. The van der Waals surface area contributed by atoms with Gasteiger partial charge in [0.2, 0.25) is 5.88 Å². The van der Waals surface area contributed by atoms with Gasteiger partial charge in [-0.05, 0) is 43.2 Å². The van der Waals surface area contributed by atoms with Crippen LogP contribution in [0.5, 0.6) is 5.88 Å². The minimum Gasteiger partial charge on any atom is -0.494 e. The summed E-state index contributed by atoms with van der Waals surface area (Å²) in [5.74, 6) is -0.758. The number of hydrogen-bond acceptors (Lipinski definition) is 4. The molecule has 0 saturated carbocycles. The lowest BCUT2D eigenvalue weighted by Gasteiger charge is -2.11. The first kappa shape index (κ1) is 18.6. The Morgan fingerprint density at radius 2 is 1.86 bits per heavy atom. The second kappa shape index (κ2) is 7.35. The summed E-state index contributed by atoms with van der Waals surface area (Å²) in [6, 6.07) is 13.4. The highest BCUT2D eigenvalue weighted by Gasteiger charge is 2.20. The first-order valence-corrected chi connectivity index (χ1v) is 9.11. The third kappa shape index (κ3) is 3.54. The number of aromatic nitrogens is 2. The van der Waals surface area contributed by atoms with Crippen molar-refractivity contribution in [2.75, 3.05) is 0 Å². The van der Waals surface area contributed by atoms with Crippen molar-refractivity contribution in [1.82, 2.24) is 9.55 Å². The second-order valence-corrected chi connectivity index (χ2v) is 6.80. The highest BCUT2D eigenvalue weighted by Crippen LogP contribution is 2.35. The first-order valence-electron chi connectivity index (χ1n) is 9.11. The lowest BCUT2D eigenvalue weighted by molar-refractivity contribution is 0.399. The fourth-order valence-electron chi connectivity index (χ4n) is 3.37. The zero-order chi connectivity index (χ0) is 20.5. The van der Waals surface area contributed by atoms with Crippen molar-refractivity contribution >= 4 is 23.0 Å². The largest absolute Gasteiger partial charge is 0.494 e. The lowest BCUT2D eigenvalue weighted by atomic mass is 10.0. The Hall–Kier alpha value is -3.74. The predicted molar refractivity (Wildman–Crippen MR) is 110 cm³/mol. The van der Waals surface area contributed by atoms with Crippen LogP contribution in [-0.2, 0) is 13.0 Å². The highest BCUT2D eigenvalue weighted by molar-refractivity contribution is 6.31. The Morgan fingerprint density at radius 1 is 1.14 bits per heavy atom. The van der Waals surface area contributed by atoms with Gasteiger partial charge in [0, 0.05) is 23.4 Å². The van der Waals surface area contributed by atoms with Gasteiger partial charge >= 0.3 is 5.69 Å². The molecule has 0 radical (unpaired) electrons. The highest BCUT2D eigenvalue weighted by atomic mass is 19.1. The van der Waals surface area contributed by atoms with E-state index in [2.05, 4.69) is 9.98 Å². The van der Waals surface area contributed by atoms with E-state index < -0.39 is 17.1 Å². The number of hydrogen-bond donors (Lipinski definition) is 2. The number of aromatic amines is 1. The van der Waals surface area contributed by atoms with Crippen LogP contribution in [0.15, 0.2) is 63.1 Å². The first-order chi connectivity index (χ1) is 13.9. The molecule has 2 N–H and O–H groups in total. The standard InChI is InChI=1S/C22H18FN3O3/c1-13-17(16-4-2-3-5-19(16)24-13)12-18-20(27)25-22(29)26(21(18)28)11-10-14-6-8-15(23)9-7-14/h2-9,12,28H,10-11H2,1H3,(H,25,27,29). The molecule has 0 bridgehead atoms. The van der Waals surface area contributed by atoms with Crippen molar-refractivity contribution in [2.45, 2.75) is 19.9 Å². The van der Waals surface area contributed by atoms with Gasteiger partial charge in [0.1, 0.15) is 11.4 Å². The van der Waals surface area contributed by atoms with Crippen LogP contribution in [0.3, 0.4) is 0 Å². The molecule has 0 spiro atoms. The number of nitrogens with zero attached hydrogens (tertiary/aromatic N) is 2. The van der Waals surface area contributed by atoms with Crippen LogP contribution in [0.2, 0.25) is 0 Å². The summed E-state index contributed by atoms with van der Waals surface area (Å²) in [5.41, 5.74) is 2.49. The number of benzene rings is 2. The molecule has 7 heteroatoms. The van der Waals surface area contributed by atoms with Crippen molar-refractivity contribution in [2.24, 2.45) is 4.99 Å². The van der Waals surface area contributed by atoms with Gasteiger partial charge < -0.3 is 5.11 Å². The second-order valence-electron chi connectivity index (χ2n) is 6.80. The number of aromatic hydroxyl groups is 1. The Balaban J connectivity index is 1.73. The monoisotopic (exact) mass is 391 g/mol. The molecule has 6 nitrogen and oxygen atoms in total. The van der Waals surface area contributed by atoms with Crippen molar-refractivity contribution in [1.29, 1.82) is 0 Å². The van der Waals surface area contributed by atoms with Gasteiger partial charge in [-0.3, -0.25) is 19.3 Å². The van der Waals surface area contributed by atoms with Crippen LogP contribution in [0, 0.1) is 5.82 Å². The van der Waals surface area contributed by atoms with E-state index in [1.165, 1.54) is 12.1 Å². The van der Waals surface area contributed by atoms with Crippen molar-refractivity contribution in [3.8, 4) is 5.88 Å². The summed E-state index contributed by atoms with van der Waals surface area (Å²) in [7, 11) is 0. The Morgan fingerprint density at radius 3 is 2.62 bits per heavy atom. The van der Waals surface area contributed by atoms with Crippen LogP contribution in [-0.4, -0.2) is 20.4 Å². The molecule has 4 rings (SSSR count). The summed E-state index contributed by atoms with van der Waals surface area (Å²) in [6.07, 6.45) is 1.94. The number of nitrogens with one attached hydrogen (secondary N) is 1. The molecule has 3 aromatic rings. The number of H-pyrrole nitrogens is 1. The van der Waals surface area contributed by atoms with Gasteiger partial charge in [0.25, 0.3) is 5.56 Å². The molecule has 0 saturated heterocycles. The summed E-state index contributed by atoms with van der Waals surface area (Å²) in [6.45, 7) is 1.95. The molecule has 0 aliphatic carbocycles. The number of rotatable bonds is 4. The van der Waals surface area contributed by atoms with Crippen LogP contribution < -0.4 is 11.2 Å². The van der Waals surface area contributed by atoms with Gasteiger partial charge in [-0.2, -0.15) is 0 Å². The van der Waals surface area contributed by atoms with Gasteiger partial charge in [0.15, 0.2) is 0 Å². The molecule has 29 heavy (non-hydrogen) atoms. The molecular weight excluding hydrogens is 373 g/mol. The normalized spacial score (nSPS) is 14.1. The molecule has 146 valence electrons. The van der Waals surface area contributed by atoms with Gasteiger partial charge in [-0.1, -0.05) is 30.3 Å². The van der Waals surface area contributed by atoms with E-state index in [1.807, 2.05) is 31.2 Å². The van der Waals surface area contributed by atoms with E-state index in [0.29, 0.717) is 17.7 Å². The van der Waals surface area contributed by atoms with Crippen LogP contribution in [0.4, 0.5) is 10.1 Å². The summed E-state index contributed by atoms with van der Waals surface area (Å²) < 4.78 is 14.2. The van der Waals surface area contributed by atoms with E-state index >= 15 is 0 Å². The molecule has 2 aromatic carbocycles. The number of para-hydroxylation sites is 1. The summed E-state index contributed by atoms with van der Waals surface area (Å²) >= 11 is 0. The smallest absolute Gasteiger partial charge is 0.331 e. The fourth-order valence-corrected chi connectivity index (χ4v) is 3.37. The van der Waals surface area contributed by atoms with Gasteiger partial charge in [0.05, 0.1) is 5.69 Å². The fraction of sp³-hybridized carbons (Fsp3) is 0.136. The maximum atomic E-state index is 13.1. The van der Waals surface area contributed by atoms with Crippen molar-refractivity contribution < 1.29 is 9.50 Å². The third-order valence-corrected chi connectivity index (χ3v) is 4.90. The molecule has 0 fully saturated rings. The molecule has 0 amide bonds. The quantitative estimate of drug-likeness (QED) is 0.716. The van der Waals surface area contributed by atoms with Crippen molar-refractivity contribution in [3.63, 3.8) is 0 Å². The number of aliphatic imine (C=N–C) groups is 1. The van der Waals surface area contributed by atoms with E-state index in [9.17, 15) is 19.1 Å². The molecule has 1 aliphatic rings. The molecule has 0 unspecified atom stereocenters. The molecule has 0 atom stereocenters. The minimum atomic E-state index is -0.700. The third-order valence-electron chi connectivity index (χ3n) is 4.90. The SMILES string of the molecule is CC1=Nc2ccccc2C1=Cc1c(O)n(CCc2ccc(F)cc2)c(=O)[nH]c1=O. The van der Waals surface area contributed by atoms with Gasteiger partial charge in [-0.15, -0.1) is 0 Å². The lowest BCUT2D eigenvalue weighted by Crippen LogP contribution is -2.32. The average Bonchev–Trinajstić information content (AvgIpc) is 3.01. The zero-order valence-corrected chi connectivity index (χ0v) is 15.6. The van der Waals surface area contributed by atoms with Gasteiger partial charge in [-0.25, -0.2) is 9.18 Å². The molecule has 1 aromatic heterocycles. The maximum absolute atomic E-state index is 13.1. The van der Waals surface area contributed by atoms with Crippen LogP contribution >= 0.6 is 0 Å². The zero-order valence-electron chi connectivity index (χ0n) is 15.6. The Labute approximate surface area is 165 Å².